The minimum atomic E-state index is 0.598. The monoisotopic (exact) mass is 241 g/mol. The number of methoxy groups -OCH3 is 1. The summed E-state index contributed by atoms with van der Waals surface area (Å²) in [6.07, 6.45) is 4.13. The Hall–Kier alpha value is -0.0800. The largest absolute Gasteiger partial charge is 0.384 e. The van der Waals surface area contributed by atoms with Crippen LogP contribution in [0.5, 0.6) is 0 Å². The molecule has 1 rings (SSSR count). The van der Waals surface area contributed by atoms with Crippen molar-refractivity contribution >= 4 is 0 Å². The first-order chi connectivity index (χ1) is 8.04. The summed E-state index contributed by atoms with van der Waals surface area (Å²) in [5, 5.41) is 3.59. The Bertz CT molecular complexity index is 203. The van der Waals surface area contributed by atoms with Crippen LogP contribution in [-0.2, 0) is 4.74 Å². The quantitative estimate of drug-likeness (QED) is 0.770. The molecular weight excluding hydrogens is 210 g/mol. The van der Waals surface area contributed by atoms with Crippen LogP contribution in [-0.4, -0.2) is 26.3 Å². The average molecular weight is 241 g/mol. The summed E-state index contributed by atoms with van der Waals surface area (Å²) in [6, 6.07) is 0.598. The molecule has 2 heteroatoms. The van der Waals surface area contributed by atoms with Crippen LogP contribution in [0.15, 0.2) is 0 Å². The molecule has 0 aliphatic heterocycles. The lowest BCUT2D eigenvalue weighted by Crippen LogP contribution is -2.38. The Morgan fingerprint density at radius 3 is 2.35 bits per heavy atom. The zero-order valence-corrected chi connectivity index (χ0v) is 12.3. The van der Waals surface area contributed by atoms with Crippen molar-refractivity contribution in [2.75, 3.05) is 20.3 Å². The molecule has 0 amide bonds. The molecule has 0 aromatic carbocycles. The molecule has 0 aromatic rings. The maximum Gasteiger partial charge on any atom is 0.0493 e. The van der Waals surface area contributed by atoms with E-state index in [2.05, 4.69) is 33.0 Å². The van der Waals surface area contributed by atoms with Crippen molar-refractivity contribution in [1.82, 2.24) is 5.32 Å². The highest BCUT2D eigenvalue weighted by Gasteiger charge is 2.31. The van der Waals surface area contributed by atoms with E-state index in [9.17, 15) is 0 Å². The summed E-state index contributed by atoms with van der Waals surface area (Å²) in [4.78, 5) is 0. The van der Waals surface area contributed by atoms with Gasteiger partial charge in [-0.05, 0) is 49.5 Å². The molecule has 3 atom stereocenters. The highest BCUT2D eigenvalue weighted by molar-refractivity contribution is 4.83. The van der Waals surface area contributed by atoms with Gasteiger partial charge in [0.05, 0.1) is 0 Å². The van der Waals surface area contributed by atoms with Crippen molar-refractivity contribution in [3.8, 4) is 0 Å². The maximum absolute atomic E-state index is 5.42. The Morgan fingerprint density at radius 1 is 1.12 bits per heavy atom. The predicted molar refractivity (Wildman–Crippen MR) is 74.2 cm³/mol. The third-order valence-electron chi connectivity index (χ3n) is 4.29. The van der Waals surface area contributed by atoms with E-state index in [1.54, 1.807) is 0 Å². The number of ether oxygens (including phenoxy) is 1. The molecule has 0 spiro atoms. The fraction of sp³-hybridized carbons (Fsp3) is 1.00. The van der Waals surface area contributed by atoms with E-state index < -0.39 is 0 Å². The summed E-state index contributed by atoms with van der Waals surface area (Å²) in [5.41, 5.74) is 0. The van der Waals surface area contributed by atoms with Crippen LogP contribution in [0.25, 0.3) is 0 Å². The van der Waals surface area contributed by atoms with E-state index in [0.717, 1.165) is 36.8 Å². The first-order valence-corrected chi connectivity index (χ1v) is 7.26. The summed E-state index contributed by atoms with van der Waals surface area (Å²) >= 11 is 0. The van der Waals surface area contributed by atoms with Crippen LogP contribution in [0, 0.1) is 23.7 Å². The Labute approximate surface area is 108 Å². The Kier molecular flexibility index (Phi) is 6.50. The van der Waals surface area contributed by atoms with Crippen LogP contribution in [0.2, 0.25) is 0 Å². The smallest absolute Gasteiger partial charge is 0.0493 e. The minimum Gasteiger partial charge on any atom is -0.384 e. The Balaban J connectivity index is 2.47. The molecule has 1 N–H and O–H groups in total. The van der Waals surface area contributed by atoms with Crippen molar-refractivity contribution < 1.29 is 4.74 Å². The number of hydrogen-bond acceptors (Lipinski definition) is 2. The fourth-order valence-corrected chi connectivity index (χ4v) is 3.04. The van der Waals surface area contributed by atoms with E-state index in [-0.39, 0.29) is 0 Å². The van der Waals surface area contributed by atoms with Gasteiger partial charge >= 0.3 is 0 Å². The molecule has 3 unspecified atom stereocenters. The van der Waals surface area contributed by atoms with Gasteiger partial charge < -0.3 is 10.1 Å². The molecule has 1 aliphatic carbocycles. The van der Waals surface area contributed by atoms with Gasteiger partial charge in [-0.25, -0.2) is 0 Å². The van der Waals surface area contributed by atoms with Crippen LogP contribution >= 0.6 is 0 Å². The molecule has 1 fully saturated rings. The van der Waals surface area contributed by atoms with Crippen LogP contribution in [0.4, 0.5) is 0 Å². The molecule has 102 valence electrons. The van der Waals surface area contributed by atoms with Gasteiger partial charge in [0.2, 0.25) is 0 Å². The maximum atomic E-state index is 5.42. The van der Waals surface area contributed by atoms with Gasteiger partial charge in [-0.2, -0.15) is 0 Å². The summed E-state index contributed by atoms with van der Waals surface area (Å²) in [6.45, 7) is 11.3. The third kappa shape index (κ3) is 4.97. The van der Waals surface area contributed by atoms with Crippen molar-refractivity contribution in [3.63, 3.8) is 0 Å². The highest BCUT2D eigenvalue weighted by atomic mass is 16.5. The van der Waals surface area contributed by atoms with Crippen molar-refractivity contribution in [1.29, 1.82) is 0 Å². The molecule has 1 saturated carbocycles. The molecule has 0 saturated heterocycles. The number of rotatable bonds is 6. The van der Waals surface area contributed by atoms with Gasteiger partial charge in [0.1, 0.15) is 0 Å². The normalized spacial score (nSPS) is 30.2. The average Bonchev–Trinajstić information content (AvgIpc) is 2.27. The van der Waals surface area contributed by atoms with E-state index in [1.807, 2.05) is 7.11 Å². The second-order valence-corrected chi connectivity index (χ2v) is 6.36. The van der Waals surface area contributed by atoms with Gasteiger partial charge in [-0.3, -0.25) is 0 Å². The topological polar surface area (TPSA) is 21.3 Å². The molecule has 0 aromatic heterocycles. The summed E-state index contributed by atoms with van der Waals surface area (Å²) < 4.78 is 5.42. The first-order valence-electron chi connectivity index (χ1n) is 7.26. The molecule has 0 radical (unpaired) electrons. The van der Waals surface area contributed by atoms with Crippen molar-refractivity contribution in [2.24, 2.45) is 23.7 Å². The summed E-state index contributed by atoms with van der Waals surface area (Å²) in [7, 11) is 1.84. The van der Waals surface area contributed by atoms with Gasteiger partial charge in [0.25, 0.3) is 0 Å². The molecular formula is C15H31NO. The van der Waals surface area contributed by atoms with Gasteiger partial charge in [0.15, 0.2) is 0 Å². The number of hydrogen-bond donors (Lipinski definition) is 1. The van der Waals surface area contributed by atoms with Crippen LogP contribution in [0.1, 0.15) is 47.0 Å². The SMILES string of the molecule is COCC1CC(C(C)C)CCC1CNC(C)C. The molecule has 1 aliphatic rings. The van der Waals surface area contributed by atoms with Gasteiger partial charge in [-0.1, -0.05) is 27.7 Å². The van der Waals surface area contributed by atoms with E-state index in [1.165, 1.54) is 19.3 Å². The lowest BCUT2D eigenvalue weighted by atomic mass is 9.71. The third-order valence-corrected chi connectivity index (χ3v) is 4.29. The molecule has 2 nitrogen and oxygen atoms in total. The van der Waals surface area contributed by atoms with Crippen LogP contribution < -0.4 is 5.32 Å². The predicted octanol–water partition coefficient (Wildman–Crippen LogP) is 3.32. The van der Waals surface area contributed by atoms with Gasteiger partial charge in [-0.15, -0.1) is 0 Å². The minimum absolute atomic E-state index is 0.598. The molecule has 0 bridgehead atoms. The van der Waals surface area contributed by atoms with E-state index in [4.69, 9.17) is 4.74 Å². The standard InChI is InChI=1S/C15H31NO/c1-11(2)13-6-7-14(9-16-12(3)4)15(8-13)10-17-5/h11-16H,6-10H2,1-5H3. The first kappa shape index (κ1) is 15.0. The molecule has 17 heavy (non-hydrogen) atoms. The van der Waals surface area contributed by atoms with Crippen molar-refractivity contribution in [3.05, 3.63) is 0 Å². The fourth-order valence-electron chi connectivity index (χ4n) is 3.04. The Morgan fingerprint density at radius 2 is 1.82 bits per heavy atom. The van der Waals surface area contributed by atoms with Crippen molar-refractivity contribution in [2.45, 2.75) is 53.0 Å². The lowest BCUT2D eigenvalue weighted by Gasteiger charge is -2.38. The second-order valence-electron chi connectivity index (χ2n) is 6.36. The van der Waals surface area contributed by atoms with Gasteiger partial charge in [0, 0.05) is 19.8 Å². The van der Waals surface area contributed by atoms with E-state index >= 15 is 0 Å². The number of nitrogens with one attached hydrogen (secondary N) is 1. The second kappa shape index (κ2) is 7.38. The highest BCUT2D eigenvalue weighted by Crippen LogP contribution is 2.37. The summed E-state index contributed by atoms with van der Waals surface area (Å²) in [5.74, 6) is 3.30. The zero-order chi connectivity index (χ0) is 12.8. The van der Waals surface area contributed by atoms with E-state index in [0.29, 0.717) is 6.04 Å². The van der Waals surface area contributed by atoms with Crippen LogP contribution in [0.3, 0.4) is 0 Å². The molecule has 0 heterocycles. The lowest BCUT2D eigenvalue weighted by molar-refractivity contribution is 0.0617. The zero-order valence-electron chi connectivity index (χ0n) is 12.3.